The van der Waals surface area contributed by atoms with Crippen LogP contribution in [-0.4, -0.2) is 17.4 Å². The van der Waals surface area contributed by atoms with Crippen molar-refractivity contribution in [1.82, 2.24) is 4.98 Å². The Hall–Kier alpha value is -1.90. The number of halogens is 1. The van der Waals surface area contributed by atoms with Gasteiger partial charge in [0.25, 0.3) is 0 Å². The number of fused-ring (bicyclic) bond motifs is 1. The van der Waals surface area contributed by atoms with Gasteiger partial charge in [0, 0.05) is 41.0 Å². The highest BCUT2D eigenvalue weighted by Gasteiger charge is 2.18. The van der Waals surface area contributed by atoms with Crippen molar-refractivity contribution in [2.75, 3.05) is 0 Å². The van der Waals surface area contributed by atoms with Gasteiger partial charge in [-0.2, -0.15) is 0 Å². The van der Waals surface area contributed by atoms with E-state index in [4.69, 9.17) is 0 Å². The zero-order valence-electron chi connectivity index (χ0n) is 9.57. The summed E-state index contributed by atoms with van der Waals surface area (Å²) in [5, 5.41) is 1.10. The van der Waals surface area contributed by atoms with E-state index in [1.807, 2.05) is 19.1 Å². The minimum Gasteiger partial charge on any atom is -0.355 e. The SMILES string of the molecule is Cc1ccc2cc(C3=CN=CCC3F)[nH]c2c1. The number of rotatable bonds is 1. The quantitative estimate of drug-likeness (QED) is 0.772. The number of aliphatic imine (C=N–C) groups is 1. The van der Waals surface area contributed by atoms with Crippen LogP contribution < -0.4 is 0 Å². The number of nitrogens with one attached hydrogen (secondary N) is 1. The summed E-state index contributed by atoms with van der Waals surface area (Å²) in [4.78, 5) is 7.28. The maximum atomic E-state index is 13.8. The van der Waals surface area contributed by atoms with Gasteiger partial charge in [0.05, 0.1) is 0 Å². The molecule has 0 saturated carbocycles. The first-order valence-electron chi connectivity index (χ1n) is 5.69. The molecule has 0 fully saturated rings. The van der Waals surface area contributed by atoms with Crippen molar-refractivity contribution in [2.45, 2.75) is 19.5 Å². The number of aromatic amines is 1. The number of hydrogen-bond acceptors (Lipinski definition) is 1. The second-order valence-corrected chi connectivity index (χ2v) is 4.39. The third-order valence-corrected chi connectivity index (χ3v) is 3.06. The molecule has 86 valence electrons. The van der Waals surface area contributed by atoms with Crippen LogP contribution in [0.4, 0.5) is 4.39 Å². The molecule has 17 heavy (non-hydrogen) atoms. The Morgan fingerprint density at radius 3 is 3.06 bits per heavy atom. The van der Waals surface area contributed by atoms with Crippen LogP contribution in [0.25, 0.3) is 16.5 Å². The summed E-state index contributed by atoms with van der Waals surface area (Å²) in [6.07, 6.45) is 2.62. The zero-order valence-corrected chi connectivity index (χ0v) is 9.57. The van der Waals surface area contributed by atoms with Crippen LogP contribution in [0.2, 0.25) is 0 Å². The molecule has 0 saturated heterocycles. The van der Waals surface area contributed by atoms with Crippen molar-refractivity contribution in [1.29, 1.82) is 0 Å². The van der Waals surface area contributed by atoms with Crippen molar-refractivity contribution in [2.24, 2.45) is 4.99 Å². The van der Waals surface area contributed by atoms with Crippen LogP contribution >= 0.6 is 0 Å². The Morgan fingerprint density at radius 2 is 2.24 bits per heavy atom. The molecule has 1 aliphatic heterocycles. The molecule has 2 nitrogen and oxygen atoms in total. The smallest absolute Gasteiger partial charge is 0.134 e. The molecule has 0 bridgehead atoms. The molecule has 1 unspecified atom stereocenters. The Balaban J connectivity index is 2.12. The maximum absolute atomic E-state index is 13.8. The molecular formula is C14H13FN2. The van der Waals surface area contributed by atoms with E-state index in [-0.39, 0.29) is 0 Å². The normalized spacial score (nSPS) is 19.6. The van der Waals surface area contributed by atoms with Crippen LogP contribution in [0, 0.1) is 6.92 Å². The topological polar surface area (TPSA) is 28.1 Å². The lowest BCUT2D eigenvalue weighted by Crippen LogP contribution is -2.07. The lowest BCUT2D eigenvalue weighted by molar-refractivity contribution is 0.422. The van der Waals surface area contributed by atoms with Gasteiger partial charge in [-0.15, -0.1) is 0 Å². The molecule has 0 spiro atoms. The van der Waals surface area contributed by atoms with Gasteiger partial charge in [0.2, 0.25) is 0 Å². The summed E-state index contributed by atoms with van der Waals surface area (Å²) in [7, 11) is 0. The molecule has 0 radical (unpaired) electrons. The lowest BCUT2D eigenvalue weighted by atomic mass is 10.0. The van der Waals surface area contributed by atoms with Gasteiger partial charge in [-0.3, -0.25) is 4.99 Å². The lowest BCUT2D eigenvalue weighted by Gasteiger charge is -2.11. The number of aryl methyl sites for hydroxylation is 1. The van der Waals surface area contributed by atoms with Crippen molar-refractivity contribution >= 4 is 22.7 Å². The van der Waals surface area contributed by atoms with Gasteiger partial charge in [-0.25, -0.2) is 4.39 Å². The predicted molar refractivity (Wildman–Crippen MR) is 69.0 cm³/mol. The van der Waals surface area contributed by atoms with E-state index in [1.165, 1.54) is 5.56 Å². The highest BCUT2D eigenvalue weighted by Crippen LogP contribution is 2.27. The average molecular weight is 228 g/mol. The van der Waals surface area contributed by atoms with Crippen molar-refractivity contribution in [3.8, 4) is 0 Å². The number of nitrogens with zero attached hydrogens (tertiary/aromatic N) is 1. The second-order valence-electron chi connectivity index (χ2n) is 4.39. The van der Waals surface area contributed by atoms with Crippen LogP contribution in [0.5, 0.6) is 0 Å². The van der Waals surface area contributed by atoms with E-state index in [0.717, 1.165) is 16.6 Å². The minimum atomic E-state index is -0.957. The van der Waals surface area contributed by atoms with Crippen LogP contribution in [0.3, 0.4) is 0 Å². The third-order valence-electron chi connectivity index (χ3n) is 3.06. The zero-order chi connectivity index (χ0) is 11.8. The molecule has 1 atom stereocenters. The van der Waals surface area contributed by atoms with Gasteiger partial charge in [-0.05, 0) is 24.6 Å². The number of aromatic nitrogens is 1. The minimum absolute atomic E-state index is 0.361. The van der Waals surface area contributed by atoms with E-state index >= 15 is 0 Å². The number of H-pyrrole nitrogens is 1. The first-order valence-corrected chi connectivity index (χ1v) is 5.69. The predicted octanol–water partition coefficient (Wildman–Crippen LogP) is 3.63. The van der Waals surface area contributed by atoms with Gasteiger partial charge in [0.15, 0.2) is 0 Å². The molecule has 1 aromatic carbocycles. The van der Waals surface area contributed by atoms with Gasteiger partial charge in [0.1, 0.15) is 6.17 Å². The second kappa shape index (κ2) is 3.84. The van der Waals surface area contributed by atoms with Crippen LogP contribution in [0.1, 0.15) is 17.7 Å². The van der Waals surface area contributed by atoms with E-state index < -0.39 is 6.17 Å². The number of allylic oxidation sites excluding steroid dienone is 1. The number of hydrogen-bond donors (Lipinski definition) is 1. The first kappa shape index (κ1) is 10.3. The Labute approximate surface area is 98.9 Å². The largest absolute Gasteiger partial charge is 0.355 e. The fraction of sp³-hybridized carbons (Fsp3) is 0.214. The van der Waals surface area contributed by atoms with Crippen molar-refractivity contribution < 1.29 is 4.39 Å². The maximum Gasteiger partial charge on any atom is 0.134 e. The molecule has 1 aromatic heterocycles. The molecule has 3 heteroatoms. The van der Waals surface area contributed by atoms with Crippen LogP contribution in [0.15, 0.2) is 35.5 Å². The molecule has 2 heterocycles. The number of benzene rings is 1. The molecule has 1 aliphatic rings. The van der Waals surface area contributed by atoms with Gasteiger partial charge < -0.3 is 4.98 Å². The fourth-order valence-electron chi connectivity index (χ4n) is 2.13. The standard InChI is InChI=1S/C14H13FN2/c1-9-2-3-10-7-14(17-13(10)6-9)11-8-16-5-4-12(11)15/h2-3,5-8,12,17H,4H2,1H3. The summed E-state index contributed by atoms with van der Waals surface area (Å²) in [5.41, 5.74) is 3.71. The van der Waals surface area contributed by atoms with E-state index in [0.29, 0.717) is 12.0 Å². The molecule has 3 rings (SSSR count). The van der Waals surface area contributed by atoms with Gasteiger partial charge in [-0.1, -0.05) is 12.1 Å². The average Bonchev–Trinajstić information content (AvgIpc) is 2.72. The summed E-state index contributed by atoms with van der Waals surface area (Å²) >= 11 is 0. The summed E-state index contributed by atoms with van der Waals surface area (Å²) in [5.74, 6) is 0. The summed E-state index contributed by atoms with van der Waals surface area (Å²) < 4.78 is 13.8. The monoisotopic (exact) mass is 228 g/mol. The molecule has 0 aliphatic carbocycles. The van der Waals surface area contributed by atoms with E-state index in [1.54, 1.807) is 12.4 Å². The Bertz CT molecular complexity index is 622. The highest BCUT2D eigenvalue weighted by molar-refractivity contribution is 5.87. The molecule has 0 amide bonds. The van der Waals surface area contributed by atoms with Crippen molar-refractivity contribution in [3.05, 3.63) is 41.7 Å². The fourth-order valence-corrected chi connectivity index (χ4v) is 2.13. The Kier molecular flexibility index (Phi) is 2.32. The van der Waals surface area contributed by atoms with Gasteiger partial charge >= 0.3 is 0 Å². The van der Waals surface area contributed by atoms with Crippen LogP contribution in [-0.2, 0) is 0 Å². The number of alkyl halides is 1. The molecule has 2 aromatic rings. The van der Waals surface area contributed by atoms with E-state index in [2.05, 4.69) is 22.1 Å². The Morgan fingerprint density at radius 1 is 1.35 bits per heavy atom. The molecular weight excluding hydrogens is 215 g/mol. The molecule has 1 N–H and O–H groups in total. The first-order chi connectivity index (χ1) is 8.24. The third kappa shape index (κ3) is 1.78. The highest BCUT2D eigenvalue weighted by atomic mass is 19.1. The van der Waals surface area contributed by atoms with E-state index in [9.17, 15) is 4.39 Å². The summed E-state index contributed by atoms with van der Waals surface area (Å²) in [6, 6.07) is 8.15. The summed E-state index contributed by atoms with van der Waals surface area (Å²) in [6.45, 7) is 2.04. The van der Waals surface area contributed by atoms with Crippen molar-refractivity contribution in [3.63, 3.8) is 0 Å².